The Morgan fingerprint density at radius 3 is 2.50 bits per heavy atom. The summed E-state index contributed by atoms with van der Waals surface area (Å²) >= 11 is 5.83. The number of piperidine rings is 1. The molecule has 0 radical (unpaired) electrons. The molecule has 1 fully saturated rings. The number of nitro benzene ring substituents is 1. The Hall–Kier alpha value is -2.52. The first kappa shape index (κ1) is 17.8. The monoisotopic (exact) mass is 354 g/mol. The van der Waals surface area contributed by atoms with E-state index in [1.165, 1.54) is 12.1 Å². The maximum atomic E-state index is 11.9. The number of carbonyl (C=O) groups excluding carboxylic acids is 3. The molecular weight excluding hydrogens is 340 g/mol. The van der Waals surface area contributed by atoms with Crippen LogP contribution >= 0.6 is 11.6 Å². The number of anilines is 1. The van der Waals surface area contributed by atoms with E-state index in [0.717, 1.165) is 6.07 Å². The van der Waals surface area contributed by atoms with Crippen LogP contribution in [-0.4, -0.2) is 35.7 Å². The van der Waals surface area contributed by atoms with Crippen LogP contribution in [0.2, 0.25) is 5.02 Å². The molecular formula is C14H15ClN4O5. The van der Waals surface area contributed by atoms with Gasteiger partial charge in [0.1, 0.15) is 0 Å². The van der Waals surface area contributed by atoms with Gasteiger partial charge in [0.05, 0.1) is 15.6 Å². The van der Waals surface area contributed by atoms with Crippen molar-refractivity contribution in [3.63, 3.8) is 0 Å². The Balaban J connectivity index is 1.98. The van der Waals surface area contributed by atoms with Crippen molar-refractivity contribution in [2.75, 3.05) is 18.4 Å². The average molecular weight is 355 g/mol. The van der Waals surface area contributed by atoms with E-state index in [2.05, 4.69) is 10.6 Å². The molecule has 0 aliphatic carbocycles. The van der Waals surface area contributed by atoms with Gasteiger partial charge in [-0.3, -0.25) is 29.8 Å². The first-order valence-electron chi connectivity index (χ1n) is 7.19. The van der Waals surface area contributed by atoms with Crippen LogP contribution in [0.4, 0.5) is 11.4 Å². The lowest BCUT2D eigenvalue weighted by molar-refractivity contribution is -0.384. The minimum Gasteiger partial charge on any atom is -0.317 e. The van der Waals surface area contributed by atoms with Gasteiger partial charge in [0.2, 0.25) is 5.91 Å². The largest absolute Gasteiger partial charge is 0.317 e. The molecule has 0 aromatic heterocycles. The number of amides is 3. The van der Waals surface area contributed by atoms with E-state index in [1.807, 2.05) is 5.32 Å². The summed E-state index contributed by atoms with van der Waals surface area (Å²) in [7, 11) is 0. The zero-order valence-electron chi connectivity index (χ0n) is 12.5. The van der Waals surface area contributed by atoms with Crippen molar-refractivity contribution in [3.8, 4) is 0 Å². The van der Waals surface area contributed by atoms with Gasteiger partial charge in [0.15, 0.2) is 0 Å². The molecule has 0 bridgehead atoms. The van der Waals surface area contributed by atoms with Crippen LogP contribution in [0.5, 0.6) is 0 Å². The topological polar surface area (TPSA) is 130 Å². The third-order valence-electron chi connectivity index (χ3n) is 3.56. The maximum absolute atomic E-state index is 11.9. The number of halogens is 1. The average Bonchev–Trinajstić information content (AvgIpc) is 2.57. The zero-order chi connectivity index (χ0) is 17.7. The molecule has 1 aromatic rings. The normalized spacial score (nSPS) is 14.7. The first-order chi connectivity index (χ1) is 11.4. The fraction of sp³-hybridized carbons (Fsp3) is 0.357. The molecule has 10 heteroatoms. The quantitative estimate of drug-likeness (QED) is 0.418. The van der Waals surface area contributed by atoms with Crippen molar-refractivity contribution in [3.05, 3.63) is 33.3 Å². The number of carbonyl (C=O) groups is 3. The Bertz CT molecular complexity index is 688. The number of hydrogen-bond acceptors (Lipinski definition) is 6. The van der Waals surface area contributed by atoms with Crippen molar-refractivity contribution in [2.24, 2.45) is 5.92 Å². The van der Waals surface area contributed by atoms with Crippen LogP contribution in [0.25, 0.3) is 0 Å². The number of imide groups is 1. The number of nitrogens with one attached hydrogen (secondary N) is 3. The predicted molar refractivity (Wildman–Crippen MR) is 85.5 cm³/mol. The minimum absolute atomic E-state index is 0.0337. The summed E-state index contributed by atoms with van der Waals surface area (Å²) in [5, 5.41) is 18.0. The molecule has 0 unspecified atom stereocenters. The molecule has 3 amide bonds. The Kier molecular flexibility index (Phi) is 5.83. The second kappa shape index (κ2) is 7.84. The predicted octanol–water partition coefficient (Wildman–Crippen LogP) is 0.829. The van der Waals surface area contributed by atoms with Gasteiger partial charge >= 0.3 is 11.8 Å². The van der Waals surface area contributed by atoms with Gasteiger partial charge in [-0.2, -0.15) is 0 Å². The number of benzene rings is 1. The Labute approximate surface area is 141 Å². The van der Waals surface area contributed by atoms with Crippen LogP contribution in [-0.2, 0) is 14.4 Å². The van der Waals surface area contributed by atoms with Crippen molar-refractivity contribution >= 4 is 40.7 Å². The molecule has 1 aliphatic rings. The molecule has 1 aliphatic heterocycles. The minimum atomic E-state index is -1.14. The smallest absolute Gasteiger partial charge is 0.316 e. The SMILES string of the molecule is O=C(NC(=O)C1CCNCC1)C(=O)Nc1cc([N+](=O)[O-])ccc1Cl. The van der Waals surface area contributed by atoms with Gasteiger partial charge in [-0.25, -0.2) is 0 Å². The lowest BCUT2D eigenvalue weighted by Gasteiger charge is -2.21. The van der Waals surface area contributed by atoms with Gasteiger partial charge in [0, 0.05) is 18.1 Å². The molecule has 1 heterocycles. The van der Waals surface area contributed by atoms with E-state index in [4.69, 9.17) is 11.6 Å². The van der Waals surface area contributed by atoms with Crippen LogP contribution < -0.4 is 16.0 Å². The number of non-ortho nitro benzene ring substituents is 1. The number of nitrogens with zero attached hydrogens (tertiary/aromatic N) is 1. The van der Waals surface area contributed by atoms with Crippen LogP contribution in [0, 0.1) is 16.0 Å². The van der Waals surface area contributed by atoms with E-state index in [1.54, 1.807) is 0 Å². The molecule has 3 N–H and O–H groups in total. The van der Waals surface area contributed by atoms with Crippen molar-refractivity contribution in [2.45, 2.75) is 12.8 Å². The van der Waals surface area contributed by atoms with E-state index in [0.29, 0.717) is 25.9 Å². The molecule has 0 spiro atoms. The van der Waals surface area contributed by atoms with Gasteiger partial charge in [0.25, 0.3) is 5.69 Å². The van der Waals surface area contributed by atoms with Crippen LogP contribution in [0.1, 0.15) is 12.8 Å². The highest BCUT2D eigenvalue weighted by Gasteiger charge is 2.25. The lowest BCUT2D eigenvalue weighted by Crippen LogP contribution is -2.44. The third-order valence-corrected chi connectivity index (χ3v) is 3.89. The Morgan fingerprint density at radius 1 is 1.21 bits per heavy atom. The second-order valence-electron chi connectivity index (χ2n) is 5.22. The zero-order valence-corrected chi connectivity index (χ0v) is 13.3. The van der Waals surface area contributed by atoms with E-state index < -0.39 is 22.6 Å². The second-order valence-corrected chi connectivity index (χ2v) is 5.63. The highest BCUT2D eigenvalue weighted by Crippen LogP contribution is 2.26. The van der Waals surface area contributed by atoms with E-state index >= 15 is 0 Å². The summed E-state index contributed by atoms with van der Waals surface area (Å²) < 4.78 is 0. The molecule has 0 saturated carbocycles. The fourth-order valence-electron chi connectivity index (χ4n) is 2.26. The molecule has 1 saturated heterocycles. The maximum Gasteiger partial charge on any atom is 0.316 e. The summed E-state index contributed by atoms with van der Waals surface area (Å²) in [5.74, 6) is -3.10. The van der Waals surface area contributed by atoms with Gasteiger partial charge in [-0.1, -0.05) is 11.6 Å². The number of rotatable bonds is 3. The van der Waals surface area contributed by atoms with Crippen LogP contribution in [0.15, 0.2) is 18.2 Å². The highest BCUT2D eigenvalue weighted by molar-refractivity contribution is 6.43. The molecule has 1 aromatic carbocycles. The third kappa shape index (κ3) is 4.49. The fourth-order valence-corrected chi connectivity index (χ4v) is 2.42. The van der Waals surface area contributed by atoms with Gasteiger partial charge in [-0.15, -0.1) is 0 Å². The lowest BCUT2D eigenvalue weighted by atomic mass is 9.97. The van der Waals surface area contributed by atoms with Gasteiger partial charge < -0.3 is 10.6 Å². The van der Waals surface area contributed by atoms with Gasteiger partial charge in [-0.05, 0) is 32.0 Å². The summed E-state index contributed by atoms with van der Waals surface area (Å²) in [6.07, 6.45) is 1.16. The molecule has 24 heavy (non-hydrogen) atoms. The first-order valence-corrected chi connectivity index (χ1v) is 7.57. The summed E-state index contributed by atoms with van der Waals surface area (Å²) in [6.45, 7) is 1.34. The van der Waals surface area contributed by atoms with Crippen molar-refractivity contribution < 1.29 is 19.3 Å². The van der Waals surface area contributed by atoms with E-state index in [-0.39, 0.29) is 22.3 Å². The molecule has 2 rings (SSSR count). The molecule has 9 nitrogen and oxygen atoms in total. The summed E-state index contributed by atoms with van der Waals surface area (Å²) in [5.41, 5.74) is -0.374. The number of hydrogen-bond donors (Lipinski definition) is 3. The summed E-state index contributed by atoms with van der Waals surface area (Å²) in [6, 6.07) is 3.42. The number of nitro groups is 1. The van der Waals surface area contributed by atoms with E-state index in [9.17, 15) is 24.5 Å². The molecule has 128 valence electrons. The Morgan fingerprint density at radius 2 is 1.88 bits per heavy atom. The standard InChI is InChI=1S/C14H15ClN4O5/c15-10-2-1-9(19(23)24)7-11(10)17-13(21)14(22)18-12(20)8-3-5-16-6-4-8/h1-2,7-8,16H,3-6H2,(H,17,21)(H,18,20,22). The van der Waals surface area contributed by atoms with Crippen LogP contribution in [0.3, 0.4) is 0 Å². The van der Waals surface area contributed by atoms with Crippen molar-refractivity contribution in [1.82, 2.24) is 10.6 Å². The highest BCUT2D eigenvalue weighted by atomic mass is 35.5. The molecule has 0 atom stereocenters. The summed E-state index contributed by atoms with van der Waals surface area (Å²) in [4.78, 5) is 45.6. The van der Waals surface area contributed by atoms with Crippen molar-refractivity contribution in [1.29, 1.82) is 0 Å².